The summed E-state index contributed by atoms with van der Waals surface area (Å²) in [6, 6.07) is 0. The van der Waals surface area contributed by atoms with E-state index in [0.29, 0.717) is 0 Å². The van der Waals surface area contributed by atoms with Gasteiger partial charge in [-0.25, -0.2) is 9.97 Å². The molecule has 1 fully saturated rings. The van der Waals surface area contributed by atoms with Gasteiger partial charge in [0.25, 0.3) is 0 Å². The number of rotatable bonds is 1. The first-order chi connectivity index (χ1) is 10.2. The molecule has 4 rings (SSSR count). The lowest BCUT2D eigenvalue weighted by atomic mass is 9.89. The van der Waals surface area contributed by atoms with Crippen molar-refractivity contribution in [2.24, 2.45) is 11.8 Å². The number of hydrogen-bond acceptors (Lipinski definition) is 4. The minimum Gasteiger partial charge on any atom is -0.356 e. The Morgan fingerprint density at radius 3 is 2.95 bits per heavy atom. The van der Waals surface area contributed by atoms with Gasteiger partial charge in [-0.15, -0.1) is 11.3 Å². The van der Waals surface area contributed by atoms with Crippen LogP contribution in [0.5, 0.6) is 0 Å². The highest BCUT2D eigenvalue weighted by Crippen LogP contribution is 2.41. The molecule has 0 unspecified atom stereocenters. The van der Waals surface area contributed by atoms with Crippen LogP contribution in [0.4, 0.5) is 5.82 Å². The molecule has 3 nitrogen and oxygen atoms in total. The van der Waals surface area contributed by atoms with Crippen LogP contribution in [0.2, 0.25) is 0 Å². The van der Waals surface area contributed by atoms with E-state index in [4.69, 9.17) is 0 Å². The molecule has 1 saturated heterocycles. The van der Waals surface area contributed by atoms with Crippen LogP contribution in [-0.4, -0.2) is 23.1 Å². The number of aromatic nitrogens is 2. The van der Waals surface area contributed by atoms with Gasteiger partial charge in [-0.05, 0) is 49.5 Å². The molecule has 0 spiro atoms. The molecule has 0 bridgehead atoms. The van der Waals surface area contributed by atoms with Crippen molar-refractivity contribution in [3.05, 3.63) is 16.8 Å². The van der Waals surface area contributed by atoms with E-state index in [1.807, 2.05) is 11.3 Å². The van der Waals surface area contributed by atoms with Gasteiger partial charge in [0.05, 0.1) is 5.39 Å². The number of nitrogens with zero attached hydrogens (tertiary/aromatic N) is 3. The van der Waals surface area contributed by atoms with Gasteiger partial charge >= 0.3 is 0 Å². The summed E-state index contributed by atoms with van der Waals surface area (Å²) in [4.78, 5) is 14.5. The van der Waals surface area contributed by atoms with Gasteiger partial charge < -0.3 is 4.90 Å². The van der Waals surface area contributed by atoms with E-state index in [0.717, 1.165) is 24.9 Å². The van der Waals surface area contributed by atoms with Crippen LogP contribution >= 0.6 is 11.3 Å². The monoisotopic (exact) mass is 301 g/mol. The standard InChI is InChI=1S/C17H23N3S/c1-11-5-6-13-14(8-11)21-17-15(13)16(18-10-19-17)20-7-3-4-12(2)9-20/h10-12H,3-9H2,1-2H3/t11-,12+/m1/s1. The lowest BCUT2D eigenvalue weighted by Crippen LogP contribution is -2.35. The summed E-state index contributed by atoms with van der Waals surface area (Å²) >= 11 is 1.90. The third-order valence-electron chi connectivity index (χ3n) is 5.03. The van der Waals surface area contributed by atoms with E-state index in [2.05, 4.69) is 28.7 Å². The van der Waals surface area contributed by atoms with E-state index < -0.39 is 0 Å². The van der Waals surface area contributed by atoms with Crippen molar-refractivity contribution in [2.75, 3.05) is 18.0 Å². The van der Waals surface area contributed by atoms with Gasteiger partial charge in [0.2, 0.25) is 0 Å². The molecule has 2 aliphatic rings. The Hall–Kier alpha value is -1.16. The number of hydrogen-bond donors (Lipinski definition) is 0. The zero-order valence-electron chi connectivity index (χ0n) is 12.9. The fourth-order valence-electron chi connectivity index (χ4n) is 3.88. The molecule has 4 heteroatoms. The number of piperidine rings is 1. The van der Waals surface area contributed by atoms with Crippen molar-refractivity contribution in [2.45, 2.75) is 46.0 Å². The van der Waals surface area contributed by atoms with Crippen molar-refractivity contribution in [3.63, 3.8) is 0 Å². The molecule has 1 aliphatic heterocycles. The largest absolute Gasteiger partial charge is 0.356 e. The summed E-state index contributed by atoms with van der Waals surface area (Å²) in [5.41, 5.74) is 1.56. The fourth-order valence-corrected chi connectivity index (χ4v) is 5.22. The molecule has 0 saturated carbocycles. The highest BCUT2D eigenvalue weighted by molar-refractivity contribution is 7.19. The summed E-state index contributed by atoms with van der Waals surface area (Å²) in [5, 5.41) is 1.37. The predicted octanol–water partition coefficient (Wildman–Crippen LogP) is 4.05. The first kappa shape index (κ1) is 13.5. The van der Waals surface area contributed by atoms with Crippen LogP contribution in [-0.2, 0) is 12.8 Å². The molecule has 2 aromatic heterocycles. The average Bonchev–Trinajstić information content (AvgIpc) is 2.84. The molecule has 0 aromatic carbocycles. The van der Waals surface area contributed by atoms with Crippen LogP contribution in [0.25, 0.3) is 10.2 Å². The Morgan fingerprint density at radius 2 is 2.10 bits per heavy atom. The maximum Gasteiger partial charge on any atom is 0.141 e. The number of aryl methyl sites for hydroxylation is 1. The first-order valence-electron chi connectivity index (χ1n) is 8.22. The maximum atomic E-state index is 4.69. The zero-order valence-corrected chi connectivity index (χ0v) is 13.7. The third kappa shape index (κ3) is 2.33. The van der Waals surface area contributed by atoms with Crippen LogP contribution in [0.15, 0.2) is 6.33 Å². The Balaban J connectivity index is 1.82. The van der Waals surface area contributed by atoms with Gasteiger partial charge in [0.1, 0.15) is 17.0 Å². The molecule has 0 N–H and O–H groups in total. The summed E-state index contributed by atoms with van der Waals surface area (Å²) in [6.07, 6.45) is 8.15. The second-order valence-electron chi connectivity index (χ2n) is 6.92. The fraction of sp³-hybridized carbons (Fsp3) is 0.647. The number of thiophene rings is 1. The van der Waals surface area contributed by atoms with Crippen molar-refractivity contribution in [1.29, 1.82) is 0 Å². The van der Waals surface area contributed by atoms with Gasteiger partial charge in [0.15, 0.2) is 0 Å². The summed E-state index contributed by atoms with van der Waals surface area (Å²) < 4.78 is 0. The number of fused-ring (bicyclic) bond motifs is 3. The predicted molar refractivity (Wildman–Crippen MR) is 89.2 cm³/mol. The molecule has 0 amide bonds. The smallest absolute Gasteiger partial charge is 0.141 e. The first-order valence-corrected chi connectivity index (χ1v) is 9.04. The normalized spacial score (nSPS) is 26.1. The minimum absolute atomic E-state index is 0.776. The summed E-state index contributed by atoms with van der Waals surface area (Å²) in [7, 11) is 0. The van der Waals surface area contributed by atoms with Crippen LogP contribution in [0.1, 0.15) is 43.6 Å². The number of anilines is 1. The van der Waals surface area contributed by atoms with Gasteiger partial charge in [-0.1, -0.05) is 13.8 Å². The molecule has 0 radical (unpaired) electrons. The SMILES string of the molecule is C[C@@H]1CCc2c(sc3ncnc(N4CCC[C@H](C)C4)c23)C1. The second-order valence-corrected chi connectivity index (χ2v) is 8.01. The second kappa shape index (κ2) is 5.24. The highest BCUT2D eigenvalue weighted by Gasteiger charge is 2.26. The lowest BCUT2D eigenvalue weighted by molar-refractivity contribution is 0.445. The lowest BCUT2D eigenvalue weighted by Gasteiger charge is -2.32. The summed E-state index contributed by atoms with van der Waals surface area (Å²) in [6.45, 7) is 7.02. The van der Waals surface area contributed by atoms with Crippen molar-refractivity contribution < 1.29 is 0 Å². The Labute approximate surface area is 130 Å². The van der Waals surface area contributed by atoms with Gasteiger partial charge in [-0.3, -0.25) is 0 Å². The van der Waals surface area contributed by atoms with Crippen LogP contribution in [0.3, 0.4) is 0 Å². The molecular formula is C17H23N3S. The van der Waals surface area contributed by atoms with E-state index in [-0.39, 0.29) is 0 Å². The van der Waals surface area contributed by atoms with E-state index in [9.17, 15) is 0 Å². The topological polar surface area (TPSA) is 29.0 Å². The highest BCUT2D eigenvalue weighted by atomic mass is 32.1. The quantitative estimate of drug-likeness (QED) is 0.795. The third-order valence-corrected chi connectivity index (χ3v) is 6.19. The minimum atomic E-state index is 0.776. The van der Waals surface area contributed by atoms with Crippen LogP contribution < -0.4 is 4.90 Å². The van der Waals surface area contributed by atoms with Crippen LogP contribution in [0, 0.1) is 11.8 Å². The molecular weight excluding hydrogens is 278 g/mol. The average molecular weight is 301 g/mol. The Bertz CT molecular complexity index is 663. The molecule has 112 valence electrons. The van der Waals surface area contributed by atoms with Gasteiger partial charge in [-0.2, -0.15) is 0 Å². The molecule has 2 atom stereocenters. The van der Waals surface area contributed by atoms with E-state index >= 15 is 0 Å². The molecule has 3 heterocycles. The maximum absolute atomic E-state index is 4.69. The van der Waals surface area contributed by atoms with Crippen molar-refractivity contribution >= 4 is 27.4 Å². The van der Waals surface area contributed by atoms with Gasteiger partial charge in [0, 0.05) is 18.0 Å². The molecule has 2 aromatic rings. The zero-order chi connectivity index (χ0) is 14.4. The van der Waals surface area contributed by atoms with Crippen molar-refractivity contribution in [1.82, 2.24) is 9.97 Å². The molecule has 1 aliphatic carbocycles. The Morgan fingerprint density at radius 1 is 1.19 bits per heavy atom. The van der Waals surface area contributed by atoms with E-state index in [1.165, 1.54) is 48.1 Å². The molecule has 21 heavy (non-hydrogen) atoms. The Kier molecular flexibility index (Phi) is 3.37. The summed E-state index contributed by atoms with van der Waals surface area (Å²) in [5.74, 6) is 2.80. The van der Waals surface area contributed by atoms with Crippen molar-refractivity contribution in [3.8, 4) is 0 Å². The van der Waals surface area contributed by atoms with E-state index in [1.54, 1.807) is 16.8 Å².